The van der Waals surface area contributed by atoms with Crippen LogP contribution in [0.25, 0.3) is 0 Å². The van der Waals surface area contributed by atoms with Gasteiger partial charge in [-0.3, -0.25) is 14.7 Å². The van der Waals surface area contributed by atoms with Crippen LogP contribution in [0.15, 0.2) is 36.5 Å². The van der Waals surface area contributed by atoms with Crippen LogP contribution in [-0.4, -0.2) is 89.6 Å². The van der Waals surface area contributed by atoms with Crippen LogP contribution >= 0.6 is 23.2 Å². The van der Waals surface area contributed by atoms with Gasteiger partial charge >= 0.3 is 6.03 Å². The van der Waals surface area contributed by atoms with Crippen molar-refractivity contribution in [1.29, 1.82) is 0 Å². The molecule has 0 unspecified atom stereocenters. The highest BCUT2D eigenvalue weighted by molar-refractivity contribution is 6.35. The number of benzene rings is 1. The fraction of sp³-hybridized carbons (Fsp3) is 0.594. The number of halogens is 2. The molecule has 1 aromatic carbocycles. The topological polar surface area (TPSA) is 78.0 Å². The van der Waals surface area contributed by atoms with Crippen molar-refractivity contribution in [2.24, 2.45) is 0 Å². The SMILES string of the molecule is CC[C@@H](CN1CCCC1)Oc1cccnc1C1CCN(C(=O)[C@@H](Cc2ccc(Cl)cc2Cl)NC(=O)N2CCCC2)CC1. The van der Waals surface area contributed by atoms with E-state index in [-0.39, 0.29) is 24.0 Å². The van der Waals surface area contributed by atoms with E-state index in [9.17, 15) is 9.59 Å². The van der Waals surface area contributed by atoms with Crippen molar-refractivity contribution in [3.63, 3.8) is 0 Å². The predicted molar refractivity (Wildman–Crippen MR) is 166 cm³/mol. The van der Waals surface area contributed by atoms with E-state index in [1.165, 1.54) is 12.8 Å². The highest BCUT2D eigenvalue weighted by atomic mass is 35.5. The Kier molecular flexibility index (Phi) is 10.9. The van der Waals surface area contributed by atoms with E-state index in [1.807, 2.05) is 29.3 Å². The summed E-state index contributed by atoms with van der Waals surface area (Å²) in [6, 6.07) is 8.34. The van der Waals surface area contributed by atoms with Crippen molar-refractivity contribution >= 4 is 35.1 Å². The maximum Gasteiger partial charge on any atom is 0.318 e. The zero-order valence-electron chi connectivity index (χ0n) is 24.6. The zero-order valence-corrected chi connectivity index (χ0v) is 26.1. The summed E-state index contributed by atoms with van der Waals surface area (Å²) in [5.74, 6) is 0.987. The third kappa shape index (κ3) is 7.88. The van der Waals surface area contributed by atoms with Crippen molar-refractivity contribution in [2.75, 3.05) is 45.8 Å². The Hall–Kier alpha value is -2.55. The van der Waals surface area contributed by atoms with Gasteiger partial charge in [-0.15, -0.1) is 0 Å². The highest BCUT2D eigenvalue weighted by Crippen LogP contribution is 2.34. The quantitative estimate of drug-likeness (QED) is 0.367. The number of ether oxygens (including phenoxy) is 1. The lowest BCUT2D eigenvalue weighted by atomic mass is 9.91. The van der Waals surface area contributed by atoms with Gasteiger partial charge in [0.1, 0.15) is 17.9 Å². The van der Waals surface area contributed by atoms with E-state index < -0.39 is 6.04 Å². The number of piperidine rings is 1. The fourth-order valence-electron chi connectivity index (χ4n) is 6.35. The van der Waals surface area contributed by atoms with Crippen molar-refractivity contribution in [2.45, 2.75) is 76.4 Å². The number of carbonyl (C=O) groups is 2. The zero-order chi connectivity index (χ0) is 29.5. The lowest BCUT2D eigenvalue weighted by molar-refractivity contribution is -0.134. The van der Waals surface area contributed by atoms with E-state index in [0.29, 0.717) is 42.6 Å². The summed E-state index contributed by atoms with van der Waals surface area (Å²) in [4.78, 5) is 37.8. The molecule has 4 heterocycles. The number of pyridine rings is 1. The molecular weight excluding hydrogens is 573 g/mol. The van der Waals surface area contributed by atoms with Crippen molar-refractivity contribution in [3.8, 4) is 5.75 Å². The molecule has 0 bridgehead atoms. The van der Waals surface area contributed by atoms with Crippen LogP contribution in [-0.2, 0) is 11.2 Å². The Bertz CT molecular complexity index is 1210. The number of hydrogen-bond donors (Lipinski definition) is 1. The first-order chi connectivity index (χ1) is 20.4. The number of urea groups is 1. The van der Waals surface area contributed by atoms with E-state index in [4.69, 9.17) is 32.9 Å². The third-order valence-corrected chi connectivity index (χ3v) is 9.42. The first-order valence-electron chi connectivity index (χ1n) is 15.5. The lowest BCUT2D eigenvalue weighted by Gasteiger charge is -2.35. The minimum absolute atomic E-state index is 0.0823. The molecule has 3 fully saturated rings. The second kappa shape index (κ2) is 14.8. The maximum atomic E-state index is 13.9. The molecule has 42 heavy (non-hydrogen) atoms. The van der Waals surface area contributed by atoms with Crippen LogP contribution in [0.2, 0.25) is 10.0 Å². The molecule has 0 saturated carbocycles. The second-order valence-electron chi connectivity index (χ2n) is 11.8. The molecule has 5 rings (SSSR count). The number of rotatable bonds is 10. The molecule has 8 nitrogen and oxygen atoms in total. The number of hydrogen-bond acceptors (Lipinski definition) is 5. The number of amides is 3. The molecule has 0 aliphatic carbocycles. The second-order valence-corrected chi connectivity index (χ2v) is 12.6. The van der Waals surface area contributed by atoms with Gasteiger partial charge in [-0.25, -0.2) is 4.79 Å². The van der Waals surface area contributed by atoms with Crippen LogP contribution in [0.1, 0.15) is 69.0 Å². The van der Waals surface area contributed by atoms with Gasteiger partial charge in [-0.1, -0.05) is 36.2 Å². The molecule has 228 valence electrons. The monoisotopic (exact) mass is 615 g/mol. The van der Waals surface area contributed by atoms with Gasteiger partial charge in [0.05, 0.1) is 5.69 Å². The van der Waals surface area contributed by atoms with Crippen molar-refractivity contribution < 1.29 is 14.3 Å². The summed E-state index contributed by atoms with van der Waals surface area (Å²) in [6.45, 7) is 8.03. The van der Waals surface area contributed by atoms with Gasteiger partial charge in [-0.05, 0) is 87.9 Å². The normalized spacial score (nSPS) is 19.6. The third-order valence-electron chi connectivity index (χ3n) is 8.83. The Morgan fingerprint density at radius 1 is 1.00 bits per heavy atom. The predicted octanol–water partition coefficient (Wildman–Crippen LogP) is 5.76. The smallest absolute Gasteiger partial charge is 0.318 e. The molecule has 3 aliphatic heterocycles. The molecule has 3 amide bonds. The Balaban J connectivity index is 1.24. The summed E-state index contributed by atoms with van der Waals surface area (Å²) in [5.41, 5.74) is 1.77. The van der Waals surface area contributed by atoms with Gasteiger partial charge in [-0.2, -0.15) is 0 Å². The molecular formula is C32H43Cl2N5O3. The number of aromatic nitrogens is 1. The maximum absolute atomic E-state index is 13.9. The van der Waals surface area contributed by atoms with Gasteiger partial charge in [0, 0.05) is 61.3 Å². The first kappa shape index (κ1) is 30.9. The first-order valence-corrected chi connectivity index (χ1v) is 16.3. The van der Waals surface area contributed by atoms with Gasteiger partial charge in [0.2, 0.25) is 5.91 Å². The molecule has 1 aromatic heterocycles. The van der Waals surface area contributed by atoms with Crippen LogP contribution in [0, 0.1) is 0 Å². The van der Waals surface area contributed by atoms with E-state index >= 15 is 0 Å². The summed E-state index contributed by atoms with van der Waals surface area (Å²) in [5, 5.41) is 4.05. The number of carbonyl (C=O) groups excluding carboxylic acids is 2. The molecule has 3 saturated heterocycles. The molecule has 10 heteroatoms. The molecule has 0 radical (unpaired) electrons. The Labute approximate surface area is 259 Å². The van der Waals surface area contributed by atoms with Crippen LogP contribution < -0.4 is 10.1 Å². The van der Waals surface area contributed by atoms with Crippen molar-refractivity contribution in [3.05, 3.63) is 57.8 Å². The Morgan fingerprint density at radius 2 is 1.71 bits per heavy atom. The summed E-state index contributed by atoms with van der Waals surface area (Å²) < 4.78 is 6.54. The minimum Gasteiger partial charge on any atom is -0.487 e. The molecule has 3 aliphatic rings. The lowest BCUT2D eigenvalue weighted by Crippen LogP contribution is -2.54. The van der Waals surface area contributed by atoms with Gasteiger partial charge in [0.15, 0.2) is 0 Å². The molecule has 0 spiro atoms. The minimum atomic E-state index is -0.710. The van der Waals surface area contributed by atoms with E-state index in [2.05, 4.69) is 17.1 Å². The van der Waals surface area contributed by atoms with Crippen molar-refractivity contribution in [1.82, 2.24) is 25.0 Å². The number of likely N-dealkylation sites (tertiary alicyclic amines) is 3. The largest absolute Gasteiger partial charge is 0.487 e. The average Bonchev–Trinajstić information content (AvgIpc) is 3.73. The van der Waals surface area contributed by atoms with Crippen LogP contribution in [0.5, 0.6) is 5.75 Å². The summed E-state index contributed by atoms with van der Waals surface area (Å²) in [6.07, 6.45) is 9.30. The summed E-state index contributed by atoms with van der Waals surface area (Å²) >= 11 is 12.6. The average molecular weight is 617 g/mol. The fourth-order valence-corrected chi connectivity index (χ4v) is 6.84. The van der Waals surface area contributed by atoms with Gasteiger partial charge < -0.3 is 19.9 Å². The molecule has 2 atom stereocenters. The highest BCUT2D eigenvalue weighted by Gasteiger charge is 2.33. The summed E-state index contributed by atoms with van der Waals surface area (Å²) in [7, 11) is 0. The number of nitrogens with zero attached hydrogens (tertiary/aromatic N) is 4. The van der Waals surface area contributed by atoms with Crippen LogP contribution in [0.4, 0.5) is 4.79 Å². The van der Waals surface area contributed by atoms with Crippen LogP contribution in [0.3, 0.4) is 0 Å². The molecule has 2 aromatic rings. The molecule has 1 N–H and O–H groups in total. The van der Waals surface area contributed by atoms with E-state index in [0.717, 1.165) is 68.7 Å². The standard InChI is InChI=1S/C32H43Cl2N5O3/c1-2-26(22-37-14-3-4-15-37)42-29-8-7-13-35-30(29)23-11-18-38(19-12-23)31(40)28(36-32(41)39-16-5-6-17-39)20-24-9-10-25(33)21-27(24)34/h7-10,13,21,23,26,28H,2-6,11-12,14-20,22H2,1H3,(H,36,41)/t26-,28+/m0/s1. The number of nitrogens with one attached hydrogen (secondary N) is 1. The van der Waals surface area contributed by atoms with E-state index in [1.54, 1.807) is 17.0 Å². The van der Waals surface area contributed by atoms with Gasteiger partial charge in [0.25, 0.3) is 0 Å². The Morgan fingerprint density at radius 3 is 2.40 bits per heavy atom.